The molecule has 1 aliphatic heterocycles. The summed E-state index contributed by atoms with van der Waals surface area (Å²) in [6.07, 6.45) is 5.84. The Labute approximate surface area is 187 Å². The maximum Gasteiger partial charge on any atom is 0.229 e. The van der Waals surface area contributed by atoms with Gasteiger partial charge < -0.3 is 15.4 Å². The van der Waals surface area contributed by atoms with Crippen LogP contribution in [0.25, 0.3) is 11.3 Å². The van der Waals surface area contributed by atoms with Crippen molar-refractivity contribution in [1.29, 1.82) is 4.78 Å². The van der Waals surface area contributed by atoms with Gasteiger partial charge in [0.25, 0.3) is 0 Å². The molecule has 4 N–H and O–H groups in total. The van der Waals surface area contributed by atoms with Crippen LogP contribution >= 0.6 is 0 Å². The summed E-state index contributed by atoms with van der Waals surface area (Å²) in [6, 6.07) is 8.79. The van der Waals surface area contributed by atoms with E-state index in [0.717, 1.165) is 62.8 Å². The molecule has 0 amide bonds. The number of nitrogens with one attached hydrogen (secondary N) is 4. The van der Waals surface area contributed by atoms with Crippen LogP contribution in [0.2, 0.25) is 0 Å². The van der Waals surface area contributed by atoms with Crippen LogP contribution in [-0.4, -0.2) is 74.9 Å². The molecule has 2 aromatic heterocycles. The third-order valence-electron chi connectivity index (χ3n) is 5.19. The number of H-pyrrole nitrogens is 1. The first kappa shape index (κ1) is 22.2. The van der Waals surface area contributed by atoms with Crippen molar-refractivity contribution in [3.8, 4) is 11.3 Å². The summed E-state index contributed by atoms with van der Waals surface area (Å²) in [5.41, 5.74) is 2.43. The second kappa shape index (κ2) is 10.1. The topological polar surface area (TPSA) is 132 Å². The minimum absolute atomic E-state index is 0.444. The van der Waals surface area contributed by atoms with Crippen LogP contribution in [0.3, 0.4) is 0 Å². The van der Waals surface area contributed by atoms with Crippen molar-refractivity contribution in [2.45, 2.75) is 11.3 Å². The lowest BCUT2D eigenvalue weighted by Gasteiger charge is -2.26. The normalized spacial score (nSPS) is 16.4. The number of rotatable bonds is 9. The quantitative estimate of drug-likeness (QED) is 0.361. The maximum atomic E-state index is 11.9. The summed E-state index contributed by atoms with van der Waals surface area (Å²) in [6.45, 7) is 5.35. The maximum absolute atomic E-state index is 11.9. The number of hydrogen-bond acceptors (Lipinski definition) is 9. The molecule has 1 unspecified atom stereocenters. The van der Waals surface area contributed by atoms with Crippen LogP contribution in [-0.2, 0) is 14.5 Å². The van der Waals surface area contributed by atoms with Gasteiger partial charge in [-0.25, -0.2) is 14.0 Å². The Morgan fingerprint density at radius 2 is 2.00 bits per heavy atom. The summed E-state index contributed by atoms with van der Waals surface area (Å²) in [5, 5.41) is 13.6. The van der Waals surface area contributed by atoms with Crippen molar-refractivity contribution < 1.29 is 8.95 Å². The van der Waals surface area contributed by atoms with E-state index in [9.17, 15) is 4.21 Å². The molecule has 1 fully saturated rings. The third kappa shape index (κ3) is 5.81. The van der Waals surface area contributed by atoms with E-state index in [2.05, 4.69) is 35.7 Å². The van der Waals surface area contributed by atoms with Crippen molar-refractivity contribution in [1.82, 2.24) is 25.1 Å². The van der Waals surface area contributed by atoms with Crippen LogP contribution in [0.1, 0.15) is 6.42 Å². The molecule has 3 aromatic rings. The van der Waals surface area contributed by atoms with Crippen LogP contribution in [0.4, 0.5) is 17.5 Å². The van der Waals surface area contributed by atoms with Gasteiger partial charge >= 0.3 is 0 Å². The molecule has 1 aromatic carbocycles. The average Bonchev–Trinajstić information content (AvgIpc) is 3.32. The summed E-state index contributed by atoms with van der Waals surface area (Å²) >= 11 is 0. The second-order valence-electron chi connectivity index (χ2n) is 7.65. The summed E-state index contributed by atoms with van der Waals surface area (Å²) < 4.78 is 25.0. The zero-order valence-electron chi connectivity index (χ0n) is 18.0. The van der Waals surface area contributed by atoms with E-state index < -0.39 is 9.73 Å². The molecule has 170 valence electrons. The van der Waals surface area contributed by atoms with Crippen molar-refractivity contribution in [3.63, 3.8) is 0 Å². The summed E-state index contributed by atoms with van der Waals surface area (Å²) in [7, 11) is -2.74. The highest BCUT2D eigenvalue weighted by atomic mass is 32.2. The third-order valence-corrected chi connectivity index (χ3v) is 6.36. The van der Waals surface area contributed by atoms with Gasteiger partial charge in [-0.3, -0.25) is 10.00 Å². The first-order valence-electron chi connectivity index (χ1n) is 10.5. The lowest BCUT2D eigenvalue weighted by atomic mass is 10.2. The van der Waals surface area contributed by atoms with Crippen LogP contribution in [0.15, 0.2) is 47.6 Å². The highest BCUT2D eigenvalue weighted by Crippen LogP contribution is 2.26. The fourth-order valence-corrected chi connectivity index (χ4v) is 4.10. The van der Waals surface area contributed by atoms with E-state index in [1.54, 1.807) is 36.7 Å². The zero-order valence-corrected chi connectivity index (χ0v) is 18.8. The fourth-order valence-electron chi connectivity index (χ4n) is 3.44. The van der Waals surface area contributed by atoms with Gasteiger partial charge in [-0.2, -0.15) is 10.1 Å². The van der Waals surface area contributed by atoms with Gasteiger partial charge in [-0.15, -0.1) is 0 Å². The SMILES string of the molecule is CS(=N)(=O)c1ccc(Nc2ncc(-c3ccn[nH]3)c(NCCCN3CCOCC3)n2)cc1. The van der Waals surface area contributed by atoms with Crippen LogP contribution < -0.4 is 10.6 Å². The number of ether oxygens (including phenoxy) is 1. The molecular formula is C21H28N8O2S. The first-order valence-corrected chi connectivity index (χ1v) is 12.5. The Morgan fingerprint density at radius 3 is 2.69 bits per heavy atom. The number of morpholine rings is 1. The largest absolute Gasteiger partial charge is 0.379 e. The number of hydrogen-bond donors (Lipinski definition) is 4. The Hall–Kier alpha value is -3.02. The monoisotopic (exact) mass is 456 g/mol. The zero-order chi connectivity index (χ0) is 22.4. The Balaban J connectivity index is 1.45. The number of benzene rings is 1. The van der Waals surface area contributed by atoms with Crippen molar-refractivity contribution >= 4 is 27.2 Å². The lowest BCUT2D eigenvalue weighted by Crippen LogP contribution is -2.37. The Kier molecular flexibility index (Phi) is 6.98. The number of aromatic amines is 1. The molecule has 0 radical (unpaired) electrons. The first-order chi connectivity index (χ1) is 15.5. The predicted octanol–water partition coefficient (Wildman–Crippen LogP) is 2.78. The van der Waals surface area contributed by atoms with Gasteiger partial charge in [0.15, 0.2) is 0 Å². The fraction of sp³-hybridized carbons (Fsp3) is 0.381. The molecule has 10 nitrogen and oxygen atoms in total. The summed E-state index contributed by atoms with van der Waals surface area (Å²) in [4.78, 5) is 12.0. The number of aromatic nitrogens is 4. The highest BCUT2D eigenvalue weighted by Gasteiger charge is 2.13. The van der Waals surface area contributed by atoms with E-state index in [0.29, 0.717) is 16.7 Å². The van der Waals surface area contributed by atoms with Crippen LogP contribution in [0, 0.1) is 4.78 Å². The van der Waals surface area contributed by atoms with Crippen molar-refractivity contribution in [2.24, 2.45) is 0 Å². The molecule has 32 heavy (non-hydrogen) atoms. The minimum Gasteiger partial charge on any atom is -0.379 e. The molecule has 0 spiro atoms. The van der Waals surface area contributed by atoms with E-state index in [1.165, 1.54) is 6.26 Å². The molecule has 1 saturated heterocycles. The van der Waals surface area contributed by atoms with Gasteiger partial charge in [0.1, 0.15) is 5.82 Å². The van der Waals surface area contributed by atoms with Gasteiger partial charge in [-0.1, -0.05) is 0 Å². The molecule has 0 bridgehead atoms. The van der Waals surface area contributed by atoms with Gasteiger partial charge in [0.2, 0.25) is 5.95 Å². The van der Waals surface area contributed by atoms with Crippen LogP contribution in [0.5, 0.6) is 0 Å². The molecule has 0 aliphatic carbocycles. The second-order valence-corrected chi connectivity index (χ2v) is 9.81. The highest BCUT2D eigenvalue weighted by molar-refractivity contribution is 7.91. The average molecular weight is 457 g/mol. The Morgan fingerprint density at radius 1 is 1.22 bits per heavy atom. The number of nitrogens with zero attached hydrogens (tertiary/aromatic N) is 4. The smallest absolute Gasteiger partial charge is 0.229 e. The van der Waals surface area contributed by atoms with E-state index in [4.69, 9.17) is 9.52 Å². The molecular weight excluding hydrogens is 428 g/mol. The molecule has 0 saturated carbocycles. The summed E-state index contributed by atoms with van der Waals surface area (Å²) in [5.74, 6) is 1.16. The lowest BCUT2D eigenvalue weighted by molar-refractivity contribution is 0.0378. The van der Waals surface area contributed by atoms with Gasteiger partial charge in [-0.05, 0) is 43.3 Å². The van der Waals surface area contributed by atoms with E-state index >= 15 is 0 Å². The number of anilines is 3. The molecule has 1 atom stereocenters. The molecule has 4 rings (SSSR count). The molecule has 1 aliphatic rings. The minimum atomic E-state index is -2.74. The van der Waals surface area contributed by atoms with Crippen molar-refractivity contribution in [2.75, 3.05) is 56.3 Å². The van der Waals surface area contributed by atoms with Gasteiger partial charge in [0.05, 0.1) is 34.2 Å². The standard InChI is InChI=1S/C21H28N8O2S/c1-32(22,30)17-5-3-16(4-6-17)26-21-24-15-18(19-7-9-25-28-19)20(27-21)23-8-2-10-29-11-13-31-14-12-29/h3-7,9,15,22H,2,8,10-14H2,1H3,(H,25,28)(H2,23,24,26,27). The van der Waals surface area contributed by atoms with E-state index in [-0.39, 0.29) is 0 Å². The van der Waals surface area contributed by atoms with E-state index in [1.807, 2.05) is 6.07 Å². The molecule has 3 heterocycles. The van der Waals surface area contributed by atoms with Gasteiger partial charge in [0, 0.05) is 48.9 Å². The Bertz CT molecular complexity index is 1110. The predicted molar refractivity (Wildman–Crippen MR) is 125 cm³/mol. The van der Waals surface area contributed by atoms with Crippen molar-refractivity contribution in [3.05, 3.63) is 42.7 Å². The molecule has 11 heteroatoms.